The van der Waals surface area contributed by atoms with E-state index in [1.165, 1.54) is 41.3 Å². The molecule has 0 saturated carbocycles. The number of thiazole rings is 1. The number of benzene rings is 2. The highest BCUT2D eigenvalue weighted by atomic mass is 32.2. The number of fused-ring (bicyclic) bond motifs is 1. The molecule has 3 rings (SSSR count). The molecule has 3 aromatic rings. The van der Waals surface area contributed by atoms with Gasteiger partial charge in [-0.25, -0.2) is 14.6 Å². The van der Waals surface area contributed by atoms with Crippen molar-refractivity contribution in [3.05, 3.63) is 53.6 Å². The van der Waals surface area contributed by atoms with E-state index in [1.54, 1.807) is 13.8 Å². The van der Waals surface area contributed by atoms with E-state index < -0.39 is 11.9 Å². The fraction of sp³-hybridized carbons (Fsp3) is 0.238. The lowest BCUT2D eigenvalue weighted by atomic mass is 10.1. The molecule has 0 atom stereocenters. The van der Waals surface area contributed by atoms with Crippen molar-refractivity contribution in [3.8, 4) is 0 Å². The van der Waals surface area contributed by atoms with Gasteiger partial charge in [-0.05, 0) is 44.2 Å². The Bertz CT molecular complexity index is 1010. The number of hydrogen-bond donors (Lipinski definition) is 1. The second-order valence-corrected chi connectivity index (χ2v) is 8.28. The number of carbonyl (C=O) groups excluding carboxylic acids is 3. The van der Waals surface area contributed by atoms with E-state index in [9.17, 15) is 14.4 Å². The van der Waals surface area contributed by atoms with Gasteiger partial charge in [-0.1, -0.05) is 23.9 Å². The number of nitrogens with zero attached hydrogens (tertiary/aromatic N) is 1. The average molecular weight is 445 g/mol. The number of nitrogens with one attached hydrogen (secondary N) is 1. The summed E-state index contributed by atoms with van der Waals surface area (Å²) < 4.78 is 11.9. The van der Waals surface area contributed by atoms with E-state index >= 15 is 0 Å². The van der Waals surface area contributed by atoms with Crippen LogP contribution in [0.1, 0.15) is 34.6 Å². The summed E-state index contributed by atoms with van der Waals surface area (Å²) in [5.74, 6) is -1.31. The number of ether oxygens (including phenoxy) is 2. The number of rotatable bonds is 8. The molecule has 0 bridgehead atoms. The molecular weight excluding hydrogens is 424 g/mol. The van der Waals surface area contributed by atoms with Gasteiger partial charge in [0, 0.05) is 5.69 Å². The van der Waals surface area contributed by atoms with Gasteiger partial charge in [0.15, 0.2) is 4.34 Å². The van der Waals surface area contributed by atoms with Crippen molar-refractivity contribution in [2.45, 2.75) is 18.2 Å². The summed E-state index contributed by atoms with van der Waals surface area (Å²) in [5, 5.41) is 2.72. The first-order valence-electron chi connectivity index (χ1n) is 9.27. The Kier molecular flexibility index (Phi) is 7.42. The van der Waals surface area contributed by atoms with Crippen LogP contribution in [0.4, 0.5) is 5.69 Å². The number of aromatic nitrogens is 1. The molecule has 0 aliphatic carbocycles. The standard InChI is InChI=1S/C21H20N2O5S2/c1-3-27-19(25)13-9-14(20(26)28-4-2)11-15(10-13)22-18(24)12-29-21-23-16-7-5-6-8-17(16)30-21/h5-11H,3-4,12H2,1-2H3,(H,22,24). The number of hydrogen-bond acceptors (Lipinski definition) is 8. The Labute approximate surface area is 181 Å². The van der Waals surface area contributed by atoms with Crippen molar-refractivity contribution in [2.75, 3.05) is 24.3 Å². The third-order valence-corrected chi connectivity index (χ3v) is 6.02. The van der Waals surface area contributed by atoms with Gasteiger partial charge in [-0.2, -0.15) is 0 Å². The minimum atomic E-state index is -0.581. The maximum atomic E-state index is 12.4. The SMILES string of the molecule is CCOC(=O)c1cc(NC(=O)CSc2nc3ccccc3s2)cc(C(=O)OCC)c1. The van der Waals surface area contributed by atoms with Crippen molar-refractivity contribution in [3.63, 3.8) is 0 Å². The van der Waals surface area contributed by atoms with E-state index in [1.807, 2.05) is 24.3 Å². The van der Waals surface area contributed by atoms with Gasteiger partial charge in [-0.3, -0.25) is 4.79 Å². The van der Waals surface area contributed by atoms with Crippen molar-refractivity contribution in [1.82, 2.24) is 4.98 Å². The summed E-state index contributed by atoms with van der Waals surface area (Å²) in [4.78, 5) is 41.1. The second kappa shape index (κ2) is 10.2. The maximum absolute atomic E-state index is 12.4. The van der Waals surface area contributed by atoms with E-state index in [4.69, 9.17) is 9.47 Å². The van der Waals surface area contributed by atoms with Crippen molar-refractivity contribution in [1.29, 1.82) is 0 Å². The molecule has 1 heterocycles. The smallest absolute Gasteiger partial charge is 0.338 e. The van der Waals surface area contributed by atoms with Gasteiger partial charge in [0.05, 0.1) is 40.3 Å². The van der Waals surface area contributed by atoms with Crippen molar-refractivity contribution >= 4 is 56.8 Å². The normalized spacial score (nSPS) is 10.6. The molecule has 1 N–H and O–H groups in total. The Balaban J connectivity index is 1.72. The van der Waals surface area contributed by atoms with E-state index in [2.05, 4.69) is 10.3 Å². The van der Waals surface area contributed by atoms with Gasteiger partial charge in [0.25, 0.3) is 0 Å². The molecule has 1 amide bonds. The highest BCUT2D eigenvalue weighted by molar-refractivity contribution is 8.01. The first kappa shape index (κ1) is 21.8. The van der Waals surface area contributed by atoms with E-state index in [0.717, 1.165) is 14.6 Å². The molecule has 30 heavy (non-hydrogen) atoms. The summed E-state index contributed by atoms with van der Waals surface area (Å²) >= 11 is 2.84. The third kappa shape index (κ3) is 5.58. The molecule has 0 radical (unpaired) electrons. The number of carbonyl (C=O) groups is 3. The average Bonchev–Trinajstić information content (AvgIpc) is 3.15. The van der Waals surface area contributed by atoms with Crippen LogP contribution in [0.5, 0.6) is 0 Å². The quantitative estimate of drug-likeness (QED) is 0.407. The van der Waals surface area contributed by atoms with Gasteiger partial charge < -0.3 is 14.8 Å². The van der Waals surface area contributed by atoms with Crippen LogP contribution in [-0.2, 0) is 14.3 Å². The maximum Gasteiger partial charge on any atom is 0.338 e. The minimum Gasteiger partial charge on any atom is -0.462 e. The van der Waals surface area contributed by atoms with Gasteiger partial charge in [0.2, 0.25) is 5.91 Å². The molecule has 0 saturated heterocycles. The zero-order valence-corrected chi connectivity index (χ0v) is 18.1. The van der Waals surface area contributed by atoms with E-state index in [-0.39, 0.29) is 36.0 Å². The highest BCUT2D eigenvalue weighted by Gasteiger charge is 2.16. The number of anilines is 1. The number of amides is 1. The predicted octanol–water partition coefficient (Wildman–Crippen LogP) is 4.38. The fourth-order valence-corrected chi connectivity index (χ4v) is 4.47. The molecule has 0 spiro atoms. The minimum absolute atomic E-state index is 0.137. The molecule has 156 valence electrons. The second-order valence-electron chi connectivity index (χ2n) is 6.02. The van der Waals surface area contributed by atoms with Crippen molar-refractivity contribution < 1.29 is 23.9 Å². The molecular formula is C21H20N2O5S2. The largest absolute Gasteiger partial charge is 0.462 e. The van der Waals surface area contributed by atoms with E-state index in [0.29, 0.717) is 5.69 Å². The highest BCUT2D eigenvalue weighted by Crippen LogP contribution is 2.29. The Hall–Kier alpha value is -2.91. The van der Waals surface area contributed by atoms with Crippen LogP contribution in [0.15, 0.2) is 46.8 Å². The lowest BCUT2D eigenvalue weighted by Gasteiger charge is -2.10. The summed E-state index contributed by atoms with van der Waals surface area (Å²) in [6.45, 7) is 3.77. The number of esters is 2. The molecule has 2 aromatic carbocycles. The summed E-state index contributed by atoms with van der Waals surface area (Å²) in [6.07, 6.45) is 0. The fourth-order valence-electron chi connectivity index (χ4n) is 2.60. The molecule has 9 heteroatoms. The molecule has 7 nitrogen and oxygen atoms in total. The first-order valence-corrected chi connectivity index (χ1v) is 11.1. The molecule has 0 fully saturated rings. The lowest BCUT2D eigenvalue weighted by molar-refractivity contribution is -0.113. The Morgan fingerprint density at radius 1 is 1.00 bits per heavy atom. The van der Waals surface area contributed by atoms with Crippen LogP contribution in [0.3, 0.4) is 0 Å². The third-order valence-electron chi connectivity index (χ3n) is 3.84. The zero-order chi connectivity index (χ0) is 21.5. The summed E-state index contributed by atoms with van der Waals surface area (Å²) in [6, 6.07) is 12.1. The van der Waals surface area contributed by atoms with Crippen LogP contribution in [0.25, 0.3) is 10.2 Å². The first-order chi connectivity index (χ1) is 14.5. The summed E-state index contributed by atoms with van der Waals surface area (Å²) in [7, 11) is 0. The zero-order valence-electron chi connectivity index (χ0n) is 16.5. The molecule has 0 unspecified atom stereocenters. The molecule has 0 aliphatic heterocycles. The Morgan fingerprint density at radius 3 is 2.23 bits per heavy atom. The van der Waals surface area contributed by atoms with Crippen LogP contribution in [-0.4, -0.2) is 41.8 Å². The Morgan fingerprint density at radius 2 is 1.63 bits per heavy atom. The number of thioether (sulfide) groups is 1. The topological polar surface area (TPSA) is 94.6 Å². The van der Waals surface area contributed by atoms with Crippen LogP contribution < -0.4 is 5.32 Å². The lowest BCUT2D eigenvalue weighted by Crippen LogP contribution is -2.16. The predicted molar refractivity (Wildman–Crippen MR) is 117 cm³/mol. The monoisotopic (exact) mass is 444 g/mol. The van der Waals surface area contributed by atoms with Crippen molar-refractivity contribution in [2.24, 2.45) is 0 Å². The van der Waals surface area contributed by atoms with Crippen LogP contribution >= 0.6 is 23.1 Å². The van der Waals surface area contributed by atoms with Gasteiger partial charge in [0.1, 0.15) is 0 Å². The number of para-hydroxylation sites is 1. The van der Waals surface area contributed by atoms with Gasteiger partial charge >= 0.3 is 11.9 Å². The molecule has 1 aromatic heterocycles. The summed E-state index contributed by atoms with van der Waals surface area (Å²) in [5.41, 5.74) is 1.54. The van der Waals surface area contributed by atoms with Crippen LogP contribution in [0.2, 0.25) is 0 Å². The van der Waals surface area contributed by atoms with Crippen LogP contribution in [0, 0.1) is 0 Å². The van der Waals surface area contributed by atoms with Gasteiger partial charge in [-0.15, -0.1) is 11.3 Å². The molecule has 0 aliphatic rings.